The first-order valence-corrected chi connectivity index (χ1v) is 7.45. The Kier molecular flexibility index (Phi) is 5.64. The van der Waals surface area contributed by atoms with Gasteiger partial charge in [0.2, 0.25) is 0 Å². The van der Waals surface area contributed by atoms with Crippen molar-refractivity contribution in [1.82, 2.24) is 0 Å². The summed E-state index contributed by atoms with van der Waals surface area (Å²) in [5, 5.41) is 0. The van der Waals surface area contributed by atoms with Crippen LogP contribution >= 0.6 is 16.1 Å². The minimum absolute atomic E-state index is 0.258. The minimum Gasteiger partial charge on any atom is -0.162 e. The monoisotopic (exact) mass is 212 g/mol. The summed E-state index contributed by atoms with van der Waals surface area (Å²) in [4.78, 5) is 17.2. The number of hydrogen-bond acceptors (Lipinski definition) is 2. The Morgan fingerprint density at radius 2 is 1.36 bits per heavy atom. The molecule has 0 saturated heterocycles. The van der Waals surface area contributed by atoms with Crippen LogP contribution in [0.15, 0.2) is 0 Å². The SMILES string of the molecule is C[CH]([AlH][CH](C)[P+](=O)O)[P+](=O)O. The normalized spacial score (nSPS) is 18.5. The summed E-state index contributed by atoms with van der Waals surface area (Å²) >= 11 is -0.902. The molecular weight excluding hydrogens is 201 g/mol. The van der Waals surface area contributed by atoms with Gasteiger partial charge in [-0.25, -0.2) is 0 Å². The second kappa shape index (κ2) is 5.32. The van der Waals surface area contributed by atoms with Crippen LogP contribution in [-0.4, -0.2) is 34.0 Å². The van der Waals surface area contributed by atoms with E-state index in [9.17, 15) is 9.13 Å². The number of rotatable bonds is 4. The lowest BCUT2D eigenvalue weighted by Crippen LogP contribution is -2.18. The molecule has 0 aromatic carbocycles. The Morgan fingerprint density at radius 1 is 1.09 bits per heavy atom. The smallest absolute Gasteiger partial charge is 0.162 e. The van der Waals surface area contributed by atoms with E-state index in [1.807, 2.05) is 0 Å². The van der Waals surface area contributed by atoms with Crippen molar-refractivity contribution in [3.05, 3.63) is 0 Å². The molecule has 0 radical (unpaired) electrons. The predicted molar refractivity (Wildman–Crippen MR) is 45.7 cm³/mol. The van der Waals surface area contributed by atoms with E-state index in [0.29, 0.717) is 0 Å². The van der Waals surface area contributed by atoms with Crippen LogP contribution in [0.5, 0.6) is 0 Å². The van der Waals surface area contributed by atoms with Gasteiger partial charge < -0.3 is 0 Å². The Morgan fingerprint density at radius 3 is 1.55 bits per heavy atom. The molecule has 0 saturated carbocycles. The van der Waals surface area contributed by atoms with Gasteiger partial charge >= 0.3 is 31.3 Å². The molecule has 0 amide bonds. The fourth-order valence-corrected chi connectivity index (χ4v) is 5.50. The summed E-state index contributed by atoms with van der Waals surface area (Å²) in [5.74, 6) is 0. The molecule has 0 aromatic rings. The van der Waals surface area contributed by atoms with Gasteiger partial charge in [0, 0.05) is 0 Å². The standard InChI is InChI=1S/2C2H5O2P.Al.H/c2*1-2-5(3)4;;/h2*2H,1H3,(H,3,4);;/q2*+1;;. The van der Waals surface area contributed by atoms with Crippen molar-refractivity contribution in [2.45, 2.75) is 22.9 Å². The lowest BCUT2D eigenvalue weighted by atomic mass is 10.9. The topological polar surface area (TPSA) is 74.6 Å². The van der Waals surface area contributed by atoms with Crippen molar-refractivity contribution in [2.75, 3.05) is 0 Å². The van der Waals surface area contributed by atoms with Crippen molar-refractivity contribution in [3.8, 4) is 0 Å². The molecule has 11 heavy (non-hydrogen) atoms. The highest BCUT2D eigenvalue weighted by Crippen LogP contribution is 2.27. The maximum Gasteiger partial charge on any atom is 0.491 e. The quantitative estimate of drug-likeness (QED) is 0.528. The molecule has 0 bridgehead atoms. The van der Waals surface area contributed by atoms with E-state index >= 15 is 0 Å². The molecule has 62 valence electrons. The first-order chi connectivity index (χ1) is 4.95. The van der Waals surface area contributed by atoms with Crippen molar-refractivity contribution < 1.29 is 18.9 Å². The molecule has 0 rings (SSSR count). The van der Waals surface area contributed by atoms with Crippen LogP contribution in [0.3, 0.4) is 0 Å². The van der Waals surface area contributed by atoms with Crippen molar-refractivity contribution in [2.24, 2.45) is 0 Å². The zero-order valence-corrected chi connectivity index (χ0v) is 9.67. The molecule has 0 aromatic heterocycles. The zero-order valence-electron chi connectivity index (χ0n) is 6.47. The van der Waals surface area contributed by atoms with E-state index in [1.165, 1.54) is 0 Å². The second-order valence-electron chi connectivity index (χ2n) is 2.54. The fraction of sp³-hybridized carbons (Fsp3) is 1.00. The van der Waals surface area contributed by atoms with Gasteiger partial charge in [0.05, 0.1) is 0 Å². The molecule has 0 aliphatic heterocycles. The van der Waals surface area contributed by atoms with Crippen LogP contribution in [0, 0.1) is 0 Å². The van der Waals surface area contributed by atoms with E-state index in [2.05, 4.69) is 0 Å². The Balaban J connectivity index is 3.84. The van der Waals surface area contributed by atoms with Gasteiger partial charge in [-0.05, 0) is 23.0 Å². The molecule has 7 heteroatoms. The highest BCUT2D eigenvalue weighted by atomic mass is 31.1. The maximum absolute atomic E-state index is 10.5. The van der Waals surface area contributed by atoms with E-state index in [4.69, 9.17) is 9.79 Å². The summed E-state index contributed by atoms with van der Waals surface area (Å²) in [6, 6.07) is 0. The van der Waals surface area contributed by atoms with Crippen molar-refractivity contribution in [3.63, 3.8) is 0 Å². The third kappa shape index (κ3) is 4.98. The molecule has 0 heterocycles. The lowest BCUT2D eigenvalue weighted by molar-refractivity contribution is 0.499. The zero-order chi connectivity index (χ0) is 9.02. The van der Waals surface area contributed by atoms with Crippen LogP contribution in [-0.2, 0) is 9.13 Å². The second-order valence-corrected chi connectivity index (χ2v) is 9.81. The molecule has 0 fully saturated rings. The van der Waals surface area contributed by atoms with Gasteiger partial charge in [0.15, 0.2) is 0 Å². The average molecular weight is 212 g/mol. The van der Waals surface area contributed by atoms with Gasteiger partial charge in [-0.2, -0.15) is 9.79 Å². The van der Waals surface area contributed by atoms with E-state index in [1.54, 1.807) is 13.8 Å². The van der Waals surface area contributed by atoms with Gasteiger partial charge in [-0.3, -0.25) is 0 Å². The third-order valence-corrected chi connectivity index (χ3v) is 7.45. The molecule has 4 unspecified atom stereocenters. The van der Waals surface area contributed by atoms with Gasteiger partial charge in [-0.15, -0.1) is 0 Å². The largest absolute Gasteiger partial charge is 0.491 e. The highest BCUT2D eigenvalue weighted by Gasteiger charge is 2.37. The highest BCUT2D eigenvalue weighted by molar-refractivity contribution is 7.45. The van der Waals surface area contributed by atoms with E-state index in [-0.39, 0.29) is 9.04 Å². The molecule has 0 spiro atoms. The molecule has 4 atom stereocenters. The van der Waals surface area contributed by atoms with Crippen molar-refractivity contribution >= 4 is 31.3 Å². The van der Waals surface area contributed by atoms with Crippen LogP contribution < -0.4 is 0 Å². The summed E-state index contributed by atoms with van der Waals surface area (Å²) in [5.41, 5.74) is 0. The van der Waals surface area contributed by atoms with E-state index < -0.39 is 31.3 Å². The first-order valence-electron chi connectivity index (χ1n) is 3.25. The summed E-state index contributed by atoms with van der Waals surface area (Å²) in [6.07, 6.45) is 0. The molecule has 4 nitrogen and oxygen atoms in total. The maximum atomic E-state index is 10.5. The Labute approximate surface area is 73.5 Å². The van der Waals surface area contributed by atoms with Crippen LogP contribution in [0.2, 0.25) is 0 Å². The third-order valence-electron chi connectivity index (χ3n) is 1.44. The van der Waals surface area contributed by atoms with Gasteiger partial charge in [0.25, 0.3) is 0 Å². The summed E-state index contributed by atoms with van der Waals surface area (Å²) in [6.45, 7) is 3.31. The first kappa shape index (κ1) is 11.7. The van der Waals surface area contributed by atoms with Crippen LogP contribution in [0.1, 0.15) is 13.8 Å². The molecule has 2 N–H and O–H groups in total. The van der Waals surface area contributed by atoms with Gasteiger partial charge in [0.1, 0.15) is 9.04 Å². The fourth-order valence-electron chi connectivity index (χ4n) is 0.674. The van der Waals surface area contributed by atoms with Crippen LogP contribution in [0.25, 0.3) is 0 Å². The Bertz CT molecular complexity index is 155. The summed E-state index contributed by atoms with van der Waals surface area (Å²) < 4.78 is 20.4. The predicted octanol–water partition coefficient (Wildman–Crippen LogP) is 0.584. The molecule has 0 aliphatic rings. The Hall–Kier alpha value is 0.652. The van der Waals surface area contributed by atoms with Gasteiger partial charge in [-0.1, -0.05) is 0 Å². The number of hydrogen-bond donors (Lipinski definition) is 2. The molecule has 0 aliphatic carbocycles. The minimum atomic E-state index is -2.15. The van der Waals surface area contributed by atoms with Crippen molar-refractivity contribution in [1.29, 1.82) is 0 Å². The van der Waals surface area contributed by atoms with Crippen LogP contribution in [0.4, 0.5) is 0 Å². The molecular formula is C4H11AlO4P2+2. The lowest BCUT2D eigenvalue weighted by Gasteiger charge is -1.91. The average Bonchev–Trinajstić information content (AvgIpc) is 1.87. The van der Waals surface area contributed by atoms with E-state index in [0.717, 1.165) is 0 Å². The summed E-state index contributed by atoms with van der Waals surface area (Å²) in [7, 11) is -4.29.